The Balaban J connectivity index is 1.67. The maximum absolute atomic E-state index is 9.98. The Hall–Kier alpha value is -1.10. The van der Waals surface area contributed by atoms with E-state index in [0.29, 0.717) is 12.3 Å². The van der Waals surface area contributed by atoms with Gasteiger partial charge in [0, 0.05) is 13.5 Å². The first kappa shape index (κ1) is 26.2. The van der Waals surface area contributed by atoms with E-state index >= 15 is 0 Å². The number of benzene rings is 1. The smallest absolute Gasteiger partial charge is 0.119 e. The topological polar surface area (TPSA) is 64.7 Å². The van der Waals surface area contributed by atoms with Gasteiger partial charge in [0.1, 0.15) is 5.75 Å². The molecule has 0 heterocycles. The van der Waals surface area contributed by atoms with Crippen LogP contribution in [0.25, 0.3) is 0 Å². The summed E-state index contributed by atoms with van der Waals surface area (Å²) in [6.07, 6.45) is 14.2. The summed E-state index contributed by atoms with van der Waals surface area (Å²) in [7, 11) is 1.70. The minimum atomic E-state index is -0.677. The summed E-state index contributed by atoms with van der Waals surface area (Å²) in [5.41, 5.74) is 7.07. The monoisotopic (exact) mass is 433 g/mol. The van der Waals surface area contributed by atoms with Crippen molar-refractivity contribution in [2.24, 2.45) is 17.6 Å². The molecule has 1 aliphatic rings. The van der Waals surface area contributed by atoms with Gasteiger partial charge in [-0.05, 0) is 42.4 Å². The van der Waals surface area contributed by atoms with Crippen molar-refractivity contribution in [3.05, 3.63) is 29.8 Å². The average molecular weight is 434 g/mol. The van der Waals surface area contributed by atoms with Crippen LogP contribution in [-0.2, 0) is 11.2 Å². The second kappa shape index (κ2) is 14.1. The normalized spacial score (nSPS) is 17.4. The number of unbranched alkanes of at least 4 members (excludes halogenated alkanes) is 5. The van der Waals surface area contributed by atoms with E-state index in [0.717, 1.165) is 36.7 Å². The van der Waals surface area contributed by atoms with Crippen molar-refractivity contribution in [3.8, 4) is 5.75 Å². The van der Waals surface area contributed by atoms with Crippen molar-refractivity contribution >= 4 is 0 Å². The fraction of sp³-hybridized carbons (Fsp3) is 0.778. The summed E-state index contributed by atoms with van der Waals surface area (Å²) in [5.74, 6) is 2.39. The van der Waals surface area contributed by atoms with Crippen LogP contribution in [0.2, 0.25) is 0 Å². The zero-order chi connectivity index (χ0) is 22.5. The van der Waals surface area contributed by atoms with Gasteiger partial charge in [-0.1, -0.05) is 83.8 Å². The zero-order valence-electron chi connectivity index (χ0n) is 20.3. The number of aliphatic hydroxyl groups is 1. The second-order valence-electron chi connectivity index (χ2n) is 10.1. The van der Waals surface area contributed by atoms with Crippen molar-refractivity contribution in [1.82, 2.24) is 0 Å². The van der Waals surface area contributed by atoms with E-state index in [1.807, 2.05) is 12.1 Å². The zero-order valence-corrected chi connectivity index (χ0v) is 20.3. The van der Waals surface area contributed by atoms with Gasteiger partial charge in [-0.3, -0.25) is 0 Å². The van der Waals surface area contributed by atoms with Crippen LogP contribution < -0.4 is 10.5 Å². The molecule has 2 atom stereocenters. The van der Waals surface area contributed by atoms with Gasteiger partial charge < -0.3 is 20.3 Å². The fourth-order valence-electron chi connectivity index (χ4n) is 4.54. The third-order valence-corrected chi connectivity index (χ3v) is 6.90. The molecule has 0 aromatic heterocycles. The molecule has 0 saturated heterocycles. The van der Waals surface area contributed by atoms with E-state index in [4.69, 9.17) is 15.2 Å². The Morgan fingerprint density at radius 2 is 1.68 bits per heavy atom. The summed E-state index contributed by atoms with van der Waals surface area (Å²) in [4.78, 5) is 0. The van der Waals surface area contributed by atoms with Crippen LogP contribution in [0.4, 0.5) is 0 Å². The molecule has 1 saturated carbocycles. The Kier molecular flexibility index (Phi) is 11.9. The molecule has 0 spiro atoms. The third kappa shape index (κ3) is 9.51. The molecule has 31 heavy (non-hydrogen) atoms. The third-order valence-electron chi connectivity index (χ3n) is 6.90. The van der Waals surface area contributed by atoms with Crippen LogP contribution in [-0.4, -0.2) is 37.1 Å². The molecule has 0 bridgehead atoms. The molecule has 1 fully saturated rings. The van der Waals surface area contributed by atoms with E-state index in [1.165, 1.54) is 57.8 Å². The van der Waals surface area contributed by atoms with E-state index in [2.05, 4.69) is 26.0 Å². The molecule has 3 N–H and O–H groups in total. The lowest BCUT2D eigenvalue weighted by Crippen LogP contribution is -2.57. The van der Waals surface area contributed by atoms with E-state index in [-0.39, 0.29) is 12.7 Å². The molecule has 1 aliphatic carbocycles. The SMILES string of the molecule is COC(Cc1ccc(OCCCCCCCCC(C)C)cc1)[C@@](N)(CO)CC1CCC1. The second-order valence-corrected chi connectivity index (χ2v) is 10.1. The minimum absolute atomic E-state index is 0.0407. The molecule has 0 radical (unpaired) electrons. The number of hydrogen-bond acceptors (Lipinski definition) is 4. The molecular formula is C27H47NO3. The van der Waals surface area contributed by atoms with Crippen LogP contribution >= 0.6 is 0 Å². The van der Waals surface area contributed by atoms with Crippen molar-refractivity contribution in [1.29, 1.82) is 0 Å². The Morgan fingerprint density at radius 3 is 2.23 bits per heavy atom. The van der Waals surface area contributed by atoms with Crippen LogP contribution in [0.3, 0.4) is 0 Å². The van der Waals surface area contributed by atoms with Gasteiger partial charge in [0.15, 0.2) is 0 Å². The van der Waals surface area contributed by atoms with Crippen LogP contribution in [0.5, 0.6) is 5.75 Å². The van der Waals surface area contributed by atoms with Crippen LogP contribution in [0.15, 0.2) is 24.3 Å². The van der Waals surface area contributed by atoms with Gasteiger partial charge in [-0.15, -0.1) is 0 Å². The van der Waals surface area contributed by atoms with Gasteiger partial charge in [-0.25, -0.2) is 0 Å². The van der Waals surface area contributed by atoms with Crippen LogP contribution in [0.1, 0.15) is 90.0 Å². The van der Waals surface area contributed by atoms with E-state index in [9.17, 15) is 5.11 Å². The average Bonchev–Trinajstić information content (AvgIpc) is 2.74. The Bertz CT molecular complexity index is 585. The maximum atomic E-state index is 9.98. The highest BCUT2D eigenvalue weighted by molar-refractivity contribution is 5.28. The number of ether oxygens (including phenoxy) is 2. The lowest BCUT2D eigenvalue weighted by Gasteiger charge is -2.40. The Labute approximate surface area is 190 Å². The molecule has 1 unspecified atom stereocenters. The van der Waals surface area contributed by atoms with Gasteiger partial charge in [-0.2, -0.15) is 0 Å². The predicted molar refractivity (Wildman–Crippen MR) is 130 cm³/mol. The number of methoxy groups -OCH3 is 1. The van der Waals surface area contributed by atoms with Crippen molar-refractivity contribution in [3.63, 3.8) is 0 Å². The first-order chi connectivity index (χ1) is 15.0. The molecule has 1 aromatic carbocycles. The summed E-state index contributed by atoms with van der Waals surface area (Å²) >= 11 is 0. The summed E-state index contributed by atoms with van der Waals surface area (Å²) in [6.45, 7) is 5.35. The summed E-state index contributed by atoms with van der Waals surface area (Å²) in [5, 5.41) is 9.98. The quantitative estimate of drug-likeness (QED) is 0.301. The molecule has 4 nitrogen and oxygen atoms in total. The number of hydrogen-bond donors (Lipinski definition) is 2. The lowest BCUT2D eigenvalue weighted by molar-refractivity contribution is -0.00997. The molecular weight excluding hydrogens is 386 g/mol. The molecule has 0 amide bonds. The first-order valence-corrected chi connectivity index (χ1v) is 12.6. The number of nitrogens with two attached hydrogens (primary N) is 1. The summed E-state index contributed by atoms with van der Waals surface area (Å²) < 4.78 is 11.7. The van der Waals surface area contributed by atoms with Gasteiger partial charge >= 0.3 is 0 Å². The fourth-order valence-corrected chi connectivity index (χ4v) is 4.54. The molecule has 4 heteroatoms. The Morgan fingerprint density at radius 1 is 1.03 bits per heavy atom. The van der Waals surface area contributed by atoms with Crippen molar-refractivity contribution < 1.29 is 14.6 Å². The first-order valence-electron chi connectivity index (χ1n) is 12.6. The lowest BCUT2D eigenvalue weighted by atomic mass is 9.73. The molecule has 1 aromatic rings. The van der Waals surface area contributed by atoms with Gasteiger partial charge in [0.25, 0.3) is 0 Å². The van der Waals surface area contributed by atoms with Crippen LogP contribution in [0, 0.1) is 11.8 Å². The highest BCUT2D eigenvalue weighted by atomic mass is 16.5. The van der Waals surface area contributed by atoms with Gasteiger partial charge in [0.05, 0.1) is 24.9 Å². The van der Waals surface area contributed by atoms with Crippen molar-refractivity contribution in [2.75, 3.05) is 20.3 Å². The highest BCUT2D eigenvalue weighted by Crippen LogP contribution is 2.35. The van der Waals surface area contributed by atoms with E-state index < -0.39 is 5.54 Å². The molecule has 178 valence electrons. The highest BCUT2D eigenvalue weighted by Gasteiger charge is 2.38. The van der Waals surface area contributed by atoms with Gasteiger partial charge in [0.2, 0.25) is 0 Å². The minimum Gasteiger partial charge on any atom is -0.494 e. The predicted octanol–water partition coefficient (Wildman–Crippen LogP) is 5.89. The molecule has 0 aliphatic heterocycles. The maximum Gasteiger partial charge on any atom is 0.119 e. The summed E-state index contributed by atoms with van der Waals surface area (Å²) in [6, 6.07) is 8.27. The van der Waals surface area contributed by atoms with E-state index in [1.54, 1.807) is 7.11 Å². The largest absolute Gasteiger partial charge is 0.494 e. The number of aliphatic hydroxyl groups excluding tert-OH is 1. The van der Waals surface area contributed by atoms with Crippen molar-refractivity contribution in [2.45, 2.75) is 103 Å². The standard InChI is InChI=1S/C27H47NO3/c1-22(2)11-8-6-4-5-7-9-18-31-25-16-14-23(15-17-25)19-26(30-3)27(28,21-29)20-24-12-10-13-24/h14-17,22,24,26,29H,4-13,18-21,28H2,1-3H3/t26?,27-/m0/s1. The molecule has 2 rings (SSSR count). The number of rotatable bonds is 17.